The highest BCUT2D eigenvalue weighted by Crippen LogP contribution is 2.15. The van der Waals surface area contributed by atoms with Gasteiger partial charge in [0.1, 0.15) is 0 Å². The third-order valence-electron chi connectivity index (χ3n) is 3.29. The first kappa shape index (κ1) is 14.8. The second-order valence-corrected chi connectivity index (χ2v) is 5.01. The molecule has 1 rings (SSSR count). The highest BCUT2D eigenvalue weighted by atomic mass is 16.1. The molecule has 5 heteroatoms. The lowest BCUT2D eigenvalue weighted by Crippen LogP contribution is -2.42. The summed E-state index contributed by atoms with van der Waals surface area (Å²) in [6, 6.07) is 0. The van der Waals surface area contributed by atoms with Gasteiger partial charge in [0.15, 0.2) is 5.96 Å². The summed E-state index contributed by atoms with van der Waals surface area (Å²) in [5.74, 6) is 1.43. The fourth-order valence-corrected chi connectivity index (χ4v) is 1.96. The van der Waals surface area contributed by atoms with E-state index >= 15 is 0 Å². The van der Waals surface area contributed by atoms with Crippen molar-refractivity contribution in [2.45, 2.75) is 39.5 Å². The predicted octanol–water partition coefficient (Wildman–Crippen LogP) is 0.949. The Kier molecular flexibility index (Phi) is 6.54. The molecule has 0 aromatic heterocycles. The Morgan fingerprint density at radius 1 is 1.44 bits per heavy atom. The number of nitrogens with one attached hydrogen (secondary N) is 1. The first-order valence-corrected chi connectivity index (χ1v) is 6.95. The molecule has 3 N–H and O–H groups in total. The van der Waals surface area contributed by atoms with Gasteiger partial charge in [0.25, 0.3) is 0 Å². The smallest absolute Gasteiger partial charge is 0.221 e. The molecule has 18 heavy (non-hydrogen) atoms. The molecule has 1 fully saturated rings. The van der Waals surface area contributed by atoms with Crippen molar-refractivity contribution >= 4 is 11.9 Å². The van der Waals surface area contributed by atoms with Crippen LogP contribution in [0, 0.1) is 5.92 Å². The first-order valence-electron chi connectivity index (χ1n) is 6.95. The molecule has 0 spiro atoms. The number of hydrogen-bond donors (Lipinski definition) is 2. The third kappa shape index (κ3) is 5.38. The number of piperidine rings is 1. The van der Waals surface area contributed by atoms with Crippen LogP contribution in [0.4, 0.5) is 0 Å². The van der Waals surface area contributed by atoms with Gasteiger partial charge in [-0.1, -0.05) is 13.8 Å². The van der Waals surface area contributed by atoms with Crippen LogP contribution in [0.3, 0.4) is 0 Å². The minimum absolute atomic E-state index is 0.0562. The van der Waals surface area contributed by atoms with Crippen molar-refractivity contribution < 1.29 is 4.79 Å². The Labute approximate surface area is 110 Å². The summed E-state index contributed by atoms with van der Waals surface area (Å²) in [4.78, 5) is 17.8. The highest BCUT2D eigenvalue weighted by molar-refractivity contribution is 5.79. The van der Waals surface area contributed by atoms with Gasteiger partial charge in [-0.15, -0.1) is 0 Å². The summed E-state index contributed by atoms with van der Waals surface area (Å²) >= 11 is 0. The molecule has 104 valence electrons. The molecule has 0 bridgehead atoms. The van der Waals surface area contributed by atoms with Crippen LogP contribution in [0.25, 0.3) is 0 Å². The van der Waals surface area contributed by atoms with Crippen molar-refractivity contribution in [1.29, 1.82) is 0 Å². The quantitative estimate of drug-likeness (QED) is 0.567. The lowest BCUT2D eigenvalue weighted by molar-refractivity contribution is -0.120. The first-order chi connectivity index (χ1) is 8.63. The van der Waals surface area contributed by atoms with E-state index in [1.807, 2.05) is 6.92 Å². The Morgan fingerprint density at radius 2 is 2.11 bits per heavy atom. The number of amides is 1. The van der Waals surface area contributed by atoms with Gasteiger partial charge in [0, 0.05) is 26.1 Å². The number of carbonyl (C=O) groups excluding carboxylic acids is 1. The fraction of sp³-hybridized carbons (Fsp3) is 0.846. The zero-order valence-corrected chi connectivity index (χ0v) is 11.6. The van der Waals surface area contributed by atoms with Crippen LogP contribution >= 0.6 is 0 Å². The summed E-state index contributed by atoms with van der Waals surface area (Å²) < 4.78 is 0. The van der Waals surface area contributed by atoms with Crippen LogP contribution in [-0.4, -0.2) is 42.9 Å². The number of nitrogens with two attached hydrogens (primary N) is 1. The van der Waals surface area contributed by atoms with Gasteiger partial charge in [0.2, 0.25) is 5.91 Å². The van der Waals surface area contributed by atoms with E-state index in [-0.39, 0.29) is 5.91 Å². The maximum atomic E-state index is 11.4. The van der Waals surface area contributed by atoms with E-state index in [9.17, 15) is 4.79 Å². The molecular formula is C13H26N4O. The number of nitrogens with zero attached hydrogens (tertiary/aromatic N) is 2. The zero-order valence-electron chi connectivity index (χ0n) is 11.6. The van der Waals surface area contributed by atoms with Gasteiger partial charge >= 0.3 is 0 Å². The summed E-state index contributed by atoms with van der Waals surface area (Å²) in [7, 11) is 0. The molecule has 0 aromatic carbocycles. The van der Waals surface area contributed by atoms with Crippen molar-refractivity contribution in [2.24, 2.45) is 16.6 Å². The van der Waals surface area contributed by atoms with E-state index in [4.69, 9.17) is 5.73 Å². The maximum absolute atomic E-state index is 11.4. The molecule has 0 radical (unpaired) electrons. The third-order valence-corrected chi connectivity index (χ3v) is 3.29. The van der Waals surface area contributed by atoms with E-state index in [0.29, 0.717) is 18.9 Å². The molecule has 1 aliphatic rings. The molecule has 0 aliphatic carbocycles. The fourth-order valence-electron chi connectivity index (χ4n) is 1.96. The van der Waals surface area contributed by atoms with Gasteiger partial charge in [0.05, 0.1) is 6.54 Å². The van der Waals surface area contributed by atoms with E-state index in [2.05, 4.69) is 22.1 Å². The van der Waals surface area contributed by atoms with Crippen molar-refractivity contribution in [1.82, 2.24) is 10.2 Å². The Balaban J connectivity index is 2.22. The molecule has 5 nitrogen and oxygen atoms in total. The summed E-state index contributed by atoms with van der Waals surface area (Å²) in [5, 5.41) is 2.83. The van der Waals surface area contributed by atoms with Gasteiger partial charge in [-0.05, 0) is 25.2 Å². The van der Waals surface area contributed by atoms with E-state index in [1.165, 1.54) is 12.8 Å². The summed E-state index contributed by atoms with van der Waals surface area (Å²) in [6.07, 6.45) is 3.73. The lowest BCUT2D eigenvalue weighted by atomic mass is 10.00. The monoisotopic (exact) mass is 254 g/mol. The minimum atomic E-state index is 0.0562. The number of likely N-dealkylation sites (tertiary alicyclic amines) is 1. The average Bonchev–Trinajstić information content (AvgIpc) is 2.37. The summed E-state index contributed by atoms with van der Waals surface area (Å²) in [6.45, 7) is 7.49. The van der Waals surface area contributed by atoms with Crippen LogP contribution in [0.15, 0.2) is 4.99 Å². The Bertz CT molecular complexity index is 283. The molecule has 1 saturated heterocycles. The van der Waals surface area contributed by atoms with Crippen LogP contribution in [0.2, 0.25) is 0 Å². The zero-order chi connectivity index (χ0) is 13.4. The molecule has 1 aliphatic heterocycles. The predicted molar refractivity (Wildman–Crippen MR) is 74.4 cm³/mol. The number of carbonyl (C=O) groups is 1. The van der Waals surface area contributed by atoms with E-state index in [0.717, 1.165) is 32.0 Å². The minimum Gasteiger partial charge on any atom is -0.370 e. The highest BCUT2D eigenvalue weighted by Gasteiger charge is 2.16. The van der Waals surface area contributed by atoms with Crippen LogP contribution in [0.5, 0.6) is 0 Å². The molecular weight excluding hydrogens is 228 g/mol. The van der Waals surface area contributed by atoms with Crippen molar-refractivity contribution in [3.05, 3.63) is 0 Å². The SMILES string of the molecule is CCCNC(=O)CCN=C(N)N1CCC(C)CC1. The van der Waals surface area contributed by atoms with Gasteiger partial charge in [-0.25, -0.2) is 0 Å². The second kappa shape index (κ2) is 7.95. The van der Waals surface area contributed by atoms with Crippen LogP contribution in [-0.2, 0) is 4.79 Å². The Morgan fingerprint density at radius 3 is 2.72 bits per heavy atom. The normalized spacial score (nSPS) is 17.9. The Hall–Kier alpha value is -1.26. The van der Waals surface area contributed by atoms with Gasteiger partial charge in [-0.2, -0.15) is 0 Å². The number of rotatable bonds is 5. The number of aliphatic imine (C=N–C) groups is 1. The largest absolute Gasteiger partial charge is 0.370 e. The van der Waals surface area contributed by atoms with Crippen LogP contribution < -0.4 is 11.1 Å². The topological polar surface area (TPSA) is 70.7 Å². The van der Waals surface area contributed by atoms with Gasteiger partial charge in [-0.3, -0.25) is 9.79 Å². The van der Waals surface area contributed by atoms with Crippen LogP contribution in [0.1, 0.15) is 39.5 Å². The molecule has 1 heterocycles. The molecule has 0 saturated carbocycles. The number of hydrogen-bond acceptors (Lipinski definition) is 2. The average molecular weight is 254 g/mol. The maximum Gasteiger partial charge on any atom is 0.221 e. The lowest BCUT2D eigenvalue weighted by Gasteiger charge is -2.31. The second-order valence-electron chi connectivity index (χ2n) is 5.01. The number of guanidine groups is 1. The van der Waals surface area contributed by atoms with E-state index < -0.39 is 0 Å². The molecule has 1 amide bonds. The molecule has 0 aromatic rings. The standard InChI is InChI=1S/C13H26N4O/c1-3-7-15-12(18)4-8-16-13(14)17-9-5-11(2)6-10-17/h11H,3-10H2,1-2H3,(H2,14,16)(H,15,18). The molecule has 0 unspecified atom stereocenters. The van der Waals surface area contributed by atoms with Crippen molar-refractivity contribution in [3.63, 3.8) is 0 Å². The van der Waals surface area contributed by atoms with E-state index in [1.54, 1.807) is 0 Å². The van der Waals surface area contributed by atoms with Gasteiger partial charge < -0.3 is 16.0 Å². The van der Waals surface area contributed by atoms with Crippen molar-refractivity contribution in [3.8, 4) is 0 Å². The molecule has 0 atom stereocenters. The summed E-state index contributed by atoms with van der Waals surface area (Å²) in [5.41, 5.74) is 5.92. The van der Waals surface area contributed by atoms with Crippen molar-refractivity contribution in [2.75, 3.05) is 26.2 Å².